The molecule has 0 atom stereocenters. The minimum Gasteiger partial charge on any atom is -0.338 e. The van der Waals surface area contributed by atoms with E-state index in [0.29, 0.717) is 23.5 Å². The Hall–Kier alpha value is -3.63. The van der Waals surface area contributed by atoms with E-state index in [1.807, 2.05) is 35.8 Å². The van der Waals surface area contributed by atoms with Crippen molar-refractivity contribution in [2.45, 2.75) is 13.5 Å². The van der Waals surface area contributed by atoms with Crippen molar-refractivity contribution in [1.82, 2.24) is 20.3 Å². The first-order valence-corrected chi connectivity index (χ1v) is 8.41. The van der Waals surface area contributed by atoms with Gasteiger partial charge < -0.3 is 9.88 Å². The normalized spacial score (nSPS) is 10.1. The monoisotopic (exact) mass is 362 g/mol. The second kappa shape index (κ2) is 8.17. The average molecular weight is 362 g/mol. The van der Waals surface area contributed by atoms with Crippen LogP contribution in [-0.2, 0) is 6.54 Å². The summed E-state index contributed by atoms with van der Waals surface area (Å²) < 4.78 is 1.86. The van der Waals surface area contributed by atoms with Crippen LogP contribution in [0.2, 0.25) is 0 Å². The average Bonchev–Trinajstić information content (AvgIpc) is 3.09. The van der Waals surface area contributed by atoms with Crippen molar-refractivity contribution < 1.29 is 14.8 Å². The number of fused-ring (bicyclic) bond motifs is 1. The van der Waals surface area contributed by atoms with Crippen molar-refractivity contribution in [3.63, 3.8) is 0 Å². The minimum absolute atomic E-state index is 0.171. The highest BCUT2D eigenvalue weighted by Crippen LogP contribution is 2.15. The summed E-state index contributed by atoms with van der Waals surface area (Å²) in [5, 5.41) is 11.3. The van der Waals surface area contributed by atoms with Gasteiger partial charge in [0.2, 0.25) is 0 Å². The molecule has 0 saturated heterocycles. The Morgan fingerprint density at radius 3 is 2.56 bits per heavy atom. The van der Waals surface area contributed by atoms with E-state index in [4.69, 9.17) is 5.21 Å². The third-order valence-corrected chi connectivity index (χ3v) is 3.99. The third-order valence-electron chi connectivity index (χ3n) is 3.99. The van der Waals surface area contributed by atoms with Gasteiger partial charge in [0, 0.05) is 17.7 Å². The van der Waals surface area contributed by atoms with Crippen LogP contribution in [-0.4, -0.2) is 33.1 Å². The zero-order chi connectivity index (χ0) is 19.2. The van der Waals surface area contributed by atoms with Gasteiger partial charge in [-0.05, 0) is 43.3 Å². The molecule has 27 heavy (non-hydrogen) atoms. The van der Waals surface area contributed by atoms with Crippen molar-refractivity contribution >= 4 is 22.8 Å². The van der Waals surface area contributed by atoms with Gasteiger partial charge in [0.15, 0.2) is 5.82 Å². The summed E-state index contributed by atoms with van der Waals surface area (Å²) in [6.45, 7) is 2.78. The van der Waals surface area contributed by atoms with Crippen LogP contribution in [0.5, 0.6) is 0 Å². The molecule has 3 N–H and O–H groups in total. The van der Waals surface area contributed by atoms with E-state index in [2.05, 4.69) is 22.1 Å². The largest absolute Gasteiger partial charge is 0.338 e. The van der Waals surface area contributed by atoms with Crippen LogP contribution >= 0.6 is 0 Å². The number of nitrogens with zero attached hydrogens (tertiary/aromatic N) is 2. The molecule has 2 amide bonds. The highest BCUT2D eigenvalue weighted by Gasteiger charge is 2.15. The van der Waals surface area contributed by atoms with Crippen molar-refractivity contribution in [3.8, 4) is 11.8 Å². The highest BCUT2D eigenvalue weighted by molar-refractivity contribution is 5.95. The Morgan fingerprint density at radius 2 is 1.85 bits per heavy atom. The molecule has 136 valence electrons. The Labute approximate surface area is 156 Å². The molecule has 0 radical (unpaired) electrons. The smallest absolute Gasteiger partial charge is 0.288 e. The van der Waals surface area contributed by atoms with E-state index in [-0.39, 0.29) is 12.5 Å². The molecule has 0 unspecified atom stereocenters. The van der Waals surface area contributed by atoms with E-state index in [0.717, 1.165) is 11.0 Å². The van der Waals surface area contributed by atoms with Crippen molar-refractivity contribution in [2.24, 2.45) is 0 Å². The standard InChI is InChI=1S/C20H18N4O3/c1-2-24-17-8-4-3-7-16(17)22-18(24)20(26)21-13-5-6-14-9-11-15(12-10-14)19(25)23-27/h3-4,7-12,27H,2,13H2,1H3,(H,21,26)(H,23,25). The first-order valence-electron chi connectivity index (χ1n) is 8.41. The molecule has 7 heteroatoms. The number of hydrogen-bond acceptors (Lipinski definition) is 4. The number of carbonyl (C=O) groups is 2. The molecular weight excluding hydrogens is 344 g/mol. The summed E-state index contributed by atoms with van der Waals surface area (Å²) in [6.07, 6.45) is 0. The van der Waals surface area contributed by atoms with E-state index in [1.165, 1.54) is 0 Å². The number of hydroxylamine groups is 1. The second-order valence-corrected chi connectivity index (χ2v) is 5.67. The van der Waals surface area contributed by atoms with Gasteiger partial charge in [-0.1, -0.05) is 24.0 Å². The molecule has 0 aliphatic heterocycles. The van der Waals surface area contributed by atoms with Crippen LogP contribution in [0, 0.1) is 11.8 Å². The first kappa shape index (κ1) is 18.2. The van der Waals surface area contributed by atoms with Gasteiger partial charge in [-0.15, -0.1) is 0 Å². The molecule has 1 heterocycles. The molecule has 7 nitrogen and oxygen atoms in total. The fourth-order valence-electron chi connectivity index (χ4n) is 2.69. The molecule has 2 aromatic carbocycles. The van der Waals surface area contributed by atoms with E-state index >= 15 is 0 Å². The van der Waals surface area contributed by atoms with Gasteiger partial charge in [0.25, 0.3) is 11.8 Å². The minimum atomic E-state index is -0.583. The van der Waals surface area contributed by atoms with Crippen molar-refractivity contribution in [2.75, 3.05) is 6.54 Å². The highest BCUT2D eigenvalue weighted by atomic mass is 16.5. The van der Waals surface area contributed by atoms with Crippen LogP contribution in [0.3, 0.4) is 0 Å². The van der Waals surface area contributed by atoms with Crippen LogP contribution in [0.25, 0.3) is 11.0 Å². The quantitative estimate of drug-likeness (QED) is 0.375. The zero-order valence-corrected chi connectivity index (χ0v) is 14.7. The maximum absolute atomic E-state index is 12.4. The Morgan fingerprint density at radius 1 is 1.11 bits per heavy atom. The zero-order valence-electron chi connectivity index (χ0n) is 14.7. The SMILES string of the molecule is CCn1c(C(=O)NCC#Cc2ccc(C(=O)NO)cc2)nc2ccccc21. The summed E-state index contributed by atoms with van der Waals surface area (Å²) in [6, 6.07) is 14.0. The molecule has 0 spiro atoms. The number of nitrogens with one attached hydrogen (secondary N) is 2. The van der Waals surface area contributed by atoms with Gasteiger partial charge in [0.05, 0.1) is 17.6 Å². The predicted octanol–water partition coefficient (Wildman–Crippen LogP) is 1.96. The van der Waals surface area contributed by atoms with Crippen LogP contribution in [0.1, 0.15) is 33.5 Å². The lowest BCUT2D eigenvalue weighted by molar-refractivity contribution is 0.0706. The van der Waals surface area contributed by atoms with E-state index in [9.17, 15) is 9.59 Å². The lowest BCUT2D eigenvalue weighted by Crippen LogP contribution is -2.27. The number of benzene rings is 2. The Bertz CT molecular complexity index is 1040. The van der Waals surface area contributed by atoms with E-state index in [1.54, 1.807) is 29.7 Å². The molecule has 0 aliphatic carbocycles. The Balaban J connectivity index is 1.65. The van der Waals surface area contributed by atoms with Gasteiger partial charge in [-0.3, -0.25) is 14.8 Å². The van der Waals surface area contributed by atoms with Crippen molar-refractivity contribution in [3.05, 3.63) is 65.5 Å². The summed E-state index contributed by atoms with van der Waals surface area (Å²) in [7, 11) is 0. The van der Waals surface area contributed by atoms with Crippen LogP contribution in [0.15, 0.2) is 48.5 Å². The molecule has 3 aromatic rings. The number of imidazole rings is 1. The molecular formula is C20H18N4O3. The predicted molar refractivity (Wildman–Crippen MR) is 100 cm³/mol. The van der Waals surface area contributed by atoms with Crippen LogP contribution in [0.4, 0.5) is 0 Å². The Kier molecular flexibility index (Phi) is 5.50. The number of amides is 2. The van der Waals surface area contributed by atoms with Gasteiger partial charge in [-0.2, -0.15) is 0 Å². The fourth-order valence-corrected chi connectivity index (χ4v) is 2.69. The molecule has 0 fully saturated rings. The lowest BCUT2D eigenvalue weighted by Gasteiger charge is -2.05. The molecule has 0 aliphatic rings. The number of aryl methyl sites for hydroxylation is 1. The third kappa shape index (κ3) is 3.97. The van der Waals surface area contributed by atoms with Crippen LogP contribution < -0.4 is 10.8 Å². The maximum Gasteiger partial charge on any atom is 0.288 e. The van der Waals surface area contributed by atoms with Gasteiger partial charge in [-0.25, -0.2) is 10.5 Å². The number of para-hydroxylation sites is 2. The van der Waals surface area contributed by atoms with Crippen molar-refractivity contribution in [1.29, 1.82) is 0 Å². The maximum atomic E-state index is 12.4. The second-order valence-electron chi connectivity index (χ2n) is 5.67. The fraction of sp³-hybridized carbons (Fsp3) is 0.150. The summed E-state index contributed by atoms with van der Waals surface area (Å²) in [5.74, 6) is 5.27. The molecule has 1 aromatic heterocycles. The summed E-state index contributed by atoms with van der Waals surface area (Å²) in [4.78, 5) is 28.1. The van der Waals surface area contributed by atoms with E-state index < -0.39 is 5.91 Å². The lowest BCUT2D eigenvalue weighted by atomic mass is 10.1. The summed E-state index contributed by atoms with van der Waals surface area (Å²) >= 11 is 0. The number of hydrogen-bond donors (Lipinski definition) is 3. The van der Waals surface area contributed by atoms with Gasteiger partial charge >= 0.3 is 0 Å². The first-order chi connectivity index (χ1) is 13.1. The topological polar surface area (TPSA) is 96.2 Å². The number of carbonyl (C=O) groups excluding carboxylic acids is 2. The molecule has 3 rings (SSSR count). The van der Waals surface area contributed by atoms with Gasteiger partial charge in [0.1, 0.15) is 0 Å². The molecule has 0 bridgehead atoms. The number of rotatable bonds is 4. The summed E-state index contributed by atoms with van der Waals surface area (Å²) in [5.41, 5.74) is 4.29. The number of aromatic nitrogens is 2. The molecule has 0 saturated carbocycles.